The van der Waals surface area contributed by atoms with E-state index in [-0.39, 0.29) is 24.2 Å². The first-order valence-electron chi connectivity index (χ1n) is 6.80. The molecule has 1 saturated heterocycles. The van der Waals surface area contributed by atoms with Crippen molar-refractivity contribution < 1.29 is 9.53 Å². The first-order chi connectivity index (χ1) is 8.13. The van der Waals surface area contributed by atoms with Crippen molar-refractivity contribution in [2.75, 3.05) is 13.1 Å². The van der Waals surface area contributed by atoms with Crippen molar-refractivity contribution in [1.82, 2.24) is 10.6 Å². The van der Waals surface area contributed by atoms with E-state index in [2.05, 4.69) is 17.6 Å². The molecule has 4 heteroatoms. The molecule has 1 aliphatic heterocycles. The van der Waals surface area contributed by atoms with Crippen LogP contribution in [0.2, 0.25) is 0 Å². The first kappa shape index (κ1) is 14.5. The second-order valence-electron chi connectivity index (χ2n) is 4.93. The molecule has 2 N–H and O–H groups in total. The number of ether oxygens (including phenoxy) is 1. The standard InChI is InChI=1S/C13H26N2O2/c1-4-5-10(2)15-13(16)11(3)17-12-6-8-14-9-7-12/h10-12,14H,4-9H2,1-3H3,(H,15,16). The summed E-state index contributed by atoms with van der Waals surface area (Å²) in [6, 6.07) is 0.242. The maximum absolute atomic E-state index is 11.9. The fourth-order valence-corrected chi connectivity index (χ4v) is 2.15. The molecule has 0 bridgehead atoms. The Hall–Kier alpha value is -0.610. The molecule has 1 aliphatic rings. The minimum Gasteiger partial charge on any atom is -0.365 e. The van der Waals surface area contributed by atoms with Gasteiger partial charge in [0.05, 0.1) is 6.10 Å². The Morgan fingerprint density at radius 3 is 2.65 bits per heavy atom. The zero-order valence-corrected chi connectivity index (χ0v) is 11.3. The highest BCUT2D eigenvalue weighted by Gasteiger charge is 2.21. The third-order valence-electron chi connectivity index (χ3n) is 3.16. The van der Waals surface area contributed by atoms with Gasteiger partial charge in [-0.3, -0.25) is 4.79 Å². The van der Waals surface area contributed by atoms with Crippen LogP contribution in [-0.2, 0) is 9.53 Å². The average Bonchev–Trinajstić information content (AvgIpc) is 2.30. The Balaban J connectivity index is 2.25. The van der Waals surface area contributed by atoms with Crippen molar-refractivity contribution in [3.05, 3.63) is 0 Å². The van der Waals surface area contributed by atoms with Crippen molar-refractivity contribution in [2.45, 2.75) is 64.7 Å². The van der Waals surface area contributed by atoms with Gasteiger partial charge in [-0.25, -0.2) is 0 Å². The van der Waals surface area contributed by atoms with Crippen LogP contribution in [-0.4, -0.2) is 37.2 Å². The molecule has 2 unspecified atom stereocenters. The van der Waals surface area contributed by atoms with Gasteiger partial charge in [-0.1, -0.05) is 13.3 Å². The Kier molecular flexibility index (Phi) is 6.52. The van der Waals surface area contributed by atoms with Gasteiger partial charge in [-0.05, 0) is 46.2 Å². The molecule has 1 amide bonds. The van der Waals surface area contributed by atoms with Crippen LogP contribution in [0.4, 0.5) is 0 Å². The van der Waals surface area contributed by atoms with Gasteiger partial charge in [-0.15, -0.1) is 0 Å². The Morgan fingerprint density at radius 1 is 1.41 bits per heavy atom. The van der Waals surface area contributed by atoms with Crippen molar-refractivity contribution in [2.24, 2.45) is 0 Å². The van der Waals surface area contributed by atoms with E-state index >= 15 is 0 Å². The fraction of sp³-hybridized carbons (Fsp3) is 0.923. The van der Waals surface area contributed by atoms with Crippen LogP contribution < -0.4 is 10.6 Å². The third kappa shape index (κ3) is 5.50. The SMILES string of the molecule is CCCC(C)NC(=O)C(C)OC1CCNCC1. The summed E-state index contributed by atoms with van der Waals surface area (Å²) < 4.78 is 5.78. The largest absolute Gasteiger partial charge is 0.365 e. The predicted octanol–water partition coefficient (Wildman–Crippen LogP) is 1.45. The highest BCUT2D eigenvalue weighted by atomic mass is 16.5. The van der Waals surface area contributed by atoms with Gasteiger partial charge in [-0.2, -0.15) is 0 Å². The van der Waals surface area contributed by atoms with Gasteiger partial charge < -0.3 is 15.4 Å². The van der Waals surface area contributed by atoms with Gasteiger partial charge in [0.1, 0.15) is 6.10 Å². The number of nitrogens with one attached hydrogen (secondary N) is 2. The lowest BCUT2D eigenvalue weighted by Gasteiger charge is -2.26. The van der Waals surface area contributed by atoms with E-state index in [0.717, 1.165) is 38.8 Å². The summed E-state index contributed by atoms with van der Waals surface area (Å²) >= 11 is 0. The van der Waals surface area contributed by atoms with E-state index in [1.807, 2.05) is 13.8 Å². The molecule has 0 aromatic carbocycles. The number of amides is 1. The molecule has 2 atom stereocenters. The molecule has 0 radical (unpaired) electrons. The lowest BCUT2D eigenvalue weighted by Crippen LogP contribution is -2.43. The van der Waals surface area contributed by atoms with E-state index in [4.69, 9.17) is 4.74 Å². The van der Waals surface area contributed by atoms with Gasteiger partial charge in [0.25, 0.3) is 0 Å². The Labute approximate surface area is 104 Å². The molecule has 0 saturated carbocycles. The molecule has 0 spiro atoms. The smallest absolute Gasteiger partial charge is 0.249 e. The lowest BCUT2D eigenvalue weighted by atomic mass is 10.1. The summed E-state index contributed by atoms with van der Waals surface area (Å²) in [5.74, 6) is 0.0180. The summed E-state index contributed by atoms with van der Waals surface area (Å²) in [5.41, 5.74) is 0. The maximum Gasteiger partial charge on any atom is 0.249 e. The number of hydrogen-bond donors (Lipinski definition) is 2. The molecule has 1 fully saturated rings. The quantitative estimate of drug-likeness (QED) is 0.741. The number of carbonyl (C=O) groups is 1. The monoisotopic (exact) mass is 242 g/mol. The van der Waals surface area contributed by atoms with E-state index in [0.29, 0.717) is 0 Å². The summed E-state index contributed by atoms with van der Waals surface area (Å²) in [5, 5.41) is 6.28. The van der Waals surface area contributed by atoms with Crippen LogP contribution in [0.25, 0.3) is 0 Å². The molecule has 0 aromatic heterocycles. The normalized spacial score (nSPS) is 20.9. The van der Waals surface area contributed by atoms with Gasteiger partial charge in [0, 0.05) is 6.04 Å². The van der Waals surface area contributed by atoms with Crippen molar-refractivity contribution in [3.63, 3.8) is 0 Å². The van der Waals surface area contributed by atoms with Crippen molar-refractivity contribution in [3.8, 4) is 0 Å². The van der Waals surface area contributed by atoms with Crippen LogP contribution in [0.3, 0.4) is 0 Å². The van der Waals surface area contributed by atoms with E-state index in [9.17, 15) is 4.79 Å². The molecule has 4 nitrogen and oxygen atoms in total. The lowest BCUT2D eigenvalue weighted by molar-refractivity contribution is -0.136. The maximum atomic E-state index is 11.9. The number of carbonyl (C=O) groups excluding carboxylic acids is 1. The summed E-state index contributed by atoms with van der Waals surface area (Å²) in [4.78, 5) is 11.9. The van der Waals surface area contributed by atoms with Gasteiger partial charge in [0.2, 0.25) is 5.91 Å². The molecule has 17 heavy (non-hydrogen) atoms. The highest BCUT2D eigenvalue weighted by Crippen LogP contribution is 2.10. The summed E-state index contributed by atoms with van der Waals surface area (Å²) in [6.45, 7) is 7.99. The van der Waals surface area contributed by atoms with E-state index in [1.165, 1.54) is 0 Å². The fourth-order valence-electron chi connectivity index (χ4n) is 2.15. The molecule has 100 valence electrons. The van der Waals surface area contributed by atoms with Crippen LogP contribution in [0.15, 0.2) is 0 Å². The van der Waals surface area contributed by atoms with Crippen LogP contribution in [0.5, 0.6) is 0 Å². The zero-order valence-electron chi connectivity index (χ0n) is 11.3. The molecule has 0 aromatic rings. The van der Waals surface area contributed by atoms with E-state index in [1.54, 1.807) is 0 Å². The van der Waals surface area contributed by atoms with Crippen molar-refractivity contribution in [1.29, 1.82) is 0 Å². The molecule has 1 rings (SSSR count). The van der Waals surface area contributed by atoms with Crippen LogP contribution in [0, 0.1) is 0 Å². The minimum atomic E-state index is -0.336. The first-order valence-corrected chi connectivity index (χ1v) is 6.80. The molecular formula is C13H26N2O2. The predicted molar refractivity (Wildman–Crippen MR) is 69.0 cm³/mol. The minimum absolute atomic E-state index is 0.0180. The van der Waals surface area contributed by atoms with E-state index < -0.39 is 0 Å². The molecule has 1 heterocycles. The summed E-state index contributed by atoms with van der Waals surface area (Å²) in [7, 11) is 0. The number of rotatable bonds is 6. The molecule has 0 aliphatic carbocycles. The van der Waals surface area contributed by atoms with Gasteiger partial charge in [0.15, 0.2) is 0 Å². The van der Waals surface area contributed by atoms with Crippen LogP contribution >= 0.6 is 0 Å². The third-order valence-corrected chi connectivity index (χ3v) is 3.16. The zero-order chi connectivity index (χ0) is 12.7. The second-order valence-corrected chi connectivity index (χ2v) is 4.93. The topological polar surface area (TPSA) is 50.4 Å². The van der Waals surface area contributed by atoms with Crippen molar-refractivity contribution >= 4 is 5.91 Å². The average molecular weight is 242 g/mol. The number of piperidine rings is 1. The Bertz CT molecular complexity index is 227. The Morgan fingerprint density at radius 2 is 2.06 bits per heavy atom. The van der Waals surface area contributed by atoms with Gasteiger partial charge >= 0.3 is 0 Å². The highest BCUT2D eigenvalue weighted by molar-refractivity contribution is 5.80. The number of hydrogen-bond acceptors (Lipinski definition) is 3. The van der Waals surface area contributed by atoms with Crippen LogP contribution in [0.1, 0.15) is 46.5 Å². The summed E-state index contributed by atoms with van der Waals surface area (Å²) in [6.07, 6.45) is 4.01. The second kappa shape index (κ2) is 7.67. The molecular weight excluding hydrogens is 216 g/mol.